The number of amides is 1. The third-order valence-corrected chi connectivity index (χ3v) is 3.59. The maximum absolute atomic E-state index is 12.3. The minimum atomic E-state index is -0.400. The van der Waals surface area contributed by atoms with Crippen LogP contribution in [0.5, 0.6) is 0 Å². The summed E-state index contributed by atoms with van der Waals surface area (Å²) in [6.45, 7) is 0.347. The van der Waals surface area contributed by atoms with Crippen molar-refractivity contribution in [3.05, 3.63) is 36.0 Å². The zero-order valence-electron chi connectivity index (χ0n) is 12.0. The molecule has 22 heavy (non-hydrogen) atoms. The third-order valence-electron chi connectivity index (χ3n) is 3.59. The molecular weight excluding hydrogens is 286 g/mol. The lowest BCUT2D eigenvalue weighted by Crippen LogP contribution is -2.30. The van der Waals surface area contributed by atoms with E-state index in [4.69, 9.17) is 4.74 Å². The normalized spacial score (nSPS) is 16.7. The smallest absolute Gasteiger partial charge is 0.310 e. The van der Waals surface area contributed by atoms with Gasteiger partial charge in [-0.25, -0.2) is 4.98 Å². The molecule has 3 heterocycles. The van der Waals surface area contributed by atoms with Crippen molar-refractivity contribution in [3.63, 3.8) is 0 Å². The van der Waals surface area contributed by atoms with Gasteiger partial charge in [-0.2, -0.15) is 0 Å². The van der Waals surface area contributed by atoms with Gasteiger partial charge in [0.15, 0.2) is 0 Å². The van der Waals surface area contributed by atoms with Gasteiger partial charge >= 0.3 is 5.97 Å². The zero-order chi connectivity index (χ0) is 15.5. The van der Waals surface area contributed by atoms with Gasteiger partial charge in [0.25, 0.3) is 5.91 Å². The van der Waals surface area contributed by atoms with Gasteiger partial charge < -0.3 is 14.6 Å². The van der Waals surface area contributed by atoms with Crippen molar-refractivity contribution in [2.75, 3.05) is 12.4 Å². The lowest BCUT2D eigenvalue weighted by molar-refractivity contribution is -0.146. The van der Waals surface area contributed by atoms with Crippen molar-refractivity contribution in [2.45, 2.75) is 19.4 Å². The van der Waals surface area contributed by atoms with Crippen LogP contribution >= 0.6 is 0 Å². The second-order valence-corrected chi connectivity index (χ2v) is 4.98. The number of nitrogens with zero attached hydrogens (tertiary/aromatic N) is 4. The van der Waals surface area contributed by atoms with Gasteiger partial charge in [-0.15, -0.1) is 10.2 Å². The van der Waals surface area contributed by atoms with Crippen LogP contribution in [0.1, 0.15) is 22.9 Å². The van der Waals surface area contributed by atoms with Crippen LogP contribution in [0.15, 0.2) is 24.4 Å². The van der Waals surface area contributed by atoms with Crippen molar-refractivity contribution in [1.29, 1.82) is 0 Å². The second-order valence-electron chi connectivity index (χ2n) is 4.98. The van der Waals surface area contributed by atoms with Gasteiger partial charge in [-0.05, 0) is 18.6 Å². The van der Waals surface area contributed by atoms with Crippen molar-refractivity contribution >= 4 is 17.7 Å². The Morgan fingerprint density at radius 3 is 2.95 bits per heavy atom. The summed E-state index contributed by atoms with van der Waals surface area (Å²) in [6.07, 6.45) is 2.82. The molecule has 8 heteroatoms. The number of hydrogen-bond donors (Lipinski definition) is 1. The first kappa shape index (κ1) is 14.2. The standard InChI is InChI=1S/C14H15N5O3/c1-22-14(21)9-5-6-11-17-18-12(19(11)8-9)13(20)16-10-4-2-3-7-15-10/h2-4,7,9H,5-6,8H2,1H3,(H,15,16,20)/t9-/m0/s1. The summed E-state index contributed by atoms with van der Waals surface area (Å²) in [6, 6.07) is 5.22. The first-order valence-corrected chi connectivity index (χ1v) is 6.91. The average molecular weight is 301 g/mol. The van der Waals surface area contributed by atoms with Crippen LogP contribution in [-0.2, 0) is 22.5 Å². The molecule has 0 fully saturated rings. The van der Waals surface area contributed by atoms with E-state index in [1.165, 1.54) is 7.11 Å². The first-order valence-electron chi connectivity index (χ1n) is 6.91. The molecule has 0 bridgehead atoms. The zero-order valence-corrected chi connectivity index (χ0v) is 12.0. The Hall–Kier alpha value is -2.77. The molecule has 0 saturated carbocycles. The number of carbonyl (C=O) groups is 2. The molecular formula is C14H15N5O3. The number of fused-ring (bicyclic) bond motifs is 1. The van der Waals surface area contributed by atoms with Crippen molar-refractivity contribution < 1.29 is 14.3 Å². The molecule has 0 radical (unpaired) electrons. The van der Waals surface area contributed by atoms with E-state index in [9.17, 15) is 9.59 Å². The Morgan fingerprint density at radius 1 is 1.36 bits per heavy atom. The molecule has 0 aliphatic carbocycles. The summed E-state index contributed by atoms with van der Waals surface area (Å²) in [5, 5.41) is 10.6. The molecule has 0 unspecified atom stereocenters. The molecule has 114 valence electrons. The Labute approximate surface area is 126 Å². The molecule has 2 aromatic heterocycles. The summed E-state index contributed by atoms with van der Waals surface area (Å²) in [5.41, 5.74) is 0. The van der Waals surface area contributed by atoms with Crippen LogP contribution in [0.25, 0.3) is 0 Å². The molecule has 1 aliphatic rings. The molecule has 1 N–H and O–H groups in total. The lowest BCUT2D eigenvalue weighted by Gasteiger charge is -2.21. The fourth-order valence-electron chi connectivity index (χ4n) is 2.46. The highest BCUT2D eigenvalue weighted by molar-refractivity contribution is 6.01. The average Bonchev–Trinajstić information content (AvgIpc) is 2.98. The minimum Gasteiger partial charge on any atom is -0.469 e. The van der Waals surface area contributed by atoms with Crippen molar-refractivity contribution in [1.82, 2.24) is 19.7 Å². The highest BCUT2D eigenvalue weighted by atomic mass is 16.5. The number of hydrogen-bond acceptors (Lipinski definition) is 6. The van der Waals surface area contributed by atoms with Crippen molar-refractivity contribution in [2.24, 2.45) is 5.92 Å². The van der Waals surface area contributed by atoms with E-state index in [2.05, 4.69) is 20.5 Å². The van der Waals surface area contributed by atoms with Crippen LogP contribution in [0.2, 0.25) is 0 Å². The highest BCUT2D eigenvalue weighted by Crippen LogP contribution is 2.21. The summed E-state index contributed by atoms with van der Waals surface area (Å²) < 4.78 is 6.44. The van der Waals surface area contributed by atoms with Gasteiger partial charge in [0.2, 0.25) is 5.82 Å². The molecule has 0 spiro atoms. The number of aryl methyl sites for hydroxylation is 1. The summed E-state index contributed by atoms with van der Waals surface area (Å²) in [7, 11) is 1.36. The maximum Gasteiger partial charge on any atom is 0.310 e. The highest BCUT2D eigenvalue weighted by Gasteiger charge is 2.30. The van der Waals surface area contributed by atoms with E-state index in [1.807, 2.05) is 0 Å². The number of carbonyl (C=O) groups excluding carboxylic acids is 2. The van der Waals surface area contributed by atoms with Crippen molar-refractivity contribution in [3.8, 4) is 0 Å². The summed E-state index contributed by atoms with van der Waals surface area (Å²) >= 11 is 0. The van der Waals surface area contributed by atoms with Gasteiger partial charge in [0.1, 0.15) is 11.6 Å². The number of esters is 1. The largest absolute Gasteiger partial charge is 0.469 e. The molecule has 0 saturated heterocycles. The van der Waals surface area contributed by atoms with Crippen LogP contribution in [0.3, 0.4) is 0 Å². The molecule has 0 aromatic carbocycles. The lowest BCUT2D eigenvalue weighted by atomic mass is 9.99. The van der Waals surface area contributed by atoms with E-state index in [-0.39, 0.29) is 17.7 Å². The fourth-order valence-corrected chi connectivity index (χ4v) is 2.46. The molecule has 1 amide bonds. The monoisotopic (exact) mass is 301 g/mol. The number of anilines is 1. The molecule has 1 atom stereocenters. The van der Waals surface area contributed by atoms with E-state index in [0.717, 1.165) is 0 Å². The number of ether oxygens (including phenoxy) is 1. The third kappa shape index (κ3) is 2.67. The SMILES string of the molecule is COC(=O)[C@H]1CCc2nnc(C(=O)Nc3ccccn3)n2C1. The van der Waals surface area contributed by atoms with Crippen LogP contribution < -0.4 is 5.32 Å². The van der Waals surface area contributed by atoms with E-state index < -0.39 is 5.91 Å². The van der Waals surface area contributed by atoms with Gasteiger partial charge in [0.05, 0.1) is 13.0 Å². The van der Waals surface area contributed by atoms with E-state index in [0.29, 0.717) is 31.0 Å². The Bertz CT molecular complexity index is 698. The topological polar surface area (TPSA) is 99.0 Å². The quantitative estimate of drug-likeness (QED) is 0.836. The second kappa shape index (κ2) is 5.92. The van der Waals surface area contributed by atoms with Crippen LogP contribution in [-0.4, -0.2) is 38.7 Å². The Balaban J connectivity index is 1.80. The first-order chi connectivity index (χ1) is 10.7. The number of aromatic nitrogens is 4. The predicted octanol–water partition coefficient (Wildman–Crippen LogP) is 0.661. The molecule has 1 aliphatic heterocycles. The van der Waals surface area contributed by atoms with Gasteiger partial charge in [0, 0.05) is 19.2 Å². The summed E-state index contributed by atoms with van der Waals surface area (Å²) in [5.74, 6) is 0.346. The number of rotatable bonds is 3. The minimum absolute atomic E-state index is 0.175. The Kier molecular flexibility index (Phi) is 3.82. The van der Waals surface area contributed by atoms with Gasteiger partial charge in [-0.1, -0.05) is 6.07 Å². The number of pyridine rings is 1. The van der Waals surface area contributed by atoms with Crippen LogP contribution in [0, 0.1) is 5.92 Å². The van der Waals surface area contributed by atoms with Crippen LogP contribution in [0.4, 0.5) is 5.82 Å². The maximum atomic E-state index is 12.3. The van der Waals surface area contributed by atoms with Gasteiger partial charge in [-0.3, -0.25) is 9.59 Å². The van der Waals surface area contributed by atoms with E-state index >= 15 is 0 Å². The van der Waals surface area contributed by atoms with E-state index in [1.54, 1.807) is 29.0 Å². The number of methoxy groups -OCH3 is 1. The molecule has 8 nitrogen and oxygen atoms in total. The molecule has 3 rings (SSSR count). The summed E-state index contributed by atoms with van der Waals surface area (Å²) in [4.78, 5) is 28.0. The fraction of sp³-hybridized carbons (Fsp3) is 0.357. The number of nitrogens with one attached hydrogen (secondary N) is 1. The predicted molar refractivity (Wildman–Crippen MR) is 76.0 cm³/mol. The molecule has 2 aromatic rings. The Morgan fingerprint density at radius 2 is 2.23 bits per heavy atom.